The molecule has 0 aromatic rings. The van der Waals surface area contributed by atoms with Crippen LogP contribution in [0.3, 0.4) is 0 Å². The lowest BCUT2D eigenvalue weighted by Gasteiger charge is -2.44. The minimum absolute atomic E-state index is 0.0143. The monoisotopic (exact) mass is 272 g/mol. The number of amides is 1. The largest absolute Gasteiger partial charge is 0.394 e. The average molecular weight is 272 g/mol. The standard InChI is InChI=1S/C14H28N2O3/c1-6-10(2)15-13(18)11(3)16-7-12(8-17)19-14(4,5)9-16/h10-12,17H,6-9H2,1-5H3,(H,15,18). The van der Waals surface area contributed by atoms with Crippen molar-refractivity contribution in [1.29, 1.82) is 0 Å². The third-order valence-corrected chi connectivity index (χ3v) is 3.64. The van der Waals surface area contributed by atoms with Crippen LogP contribution in [0.5, 0.6) is 0 Å². The molecule has 3 atom stereocenters. The predicted octanol–water partition coefficient (Wildman–Crippen LogP) is 0.761. The maximum Gasteiger partial charge on any atom is 0.237 e. The molecule has 0 aromatic carbocycles. The highest BCUT2D eigenvalue weighted by Gasteiger charge is 2.36. The topological polar surface area (TPSA) is 61.8 Å². The minimum Gasteiger partial charge on any atom is -0.394 e. The van der Waals surface area contributed by atoms with E-state index in [1.54, 1.807) is 0 Å². The molecule has 0 aliphatic carbocycles. The van der Waals surface area contributed by atoms with Crippen LogP contribution < -0.4 is 5.32 Å². The third-order valence-electron chi connectivity index (χ3n) is 3.64. The normalized spacial score (nSPS) is 26.7. The summed E-state index contributed by atoms with van der Waals surface area (Å²) in [6.07, 6.45) is 0.703. The fourth-order valence-corrected chi connectivity index (χ4v) is 2.36. The maximum absolute atomic E-state index is 12.2. The van der Waals surface area contributed by atoms with Gasteiger partial charge < -0.3 is 15.2 Å². The van der Waals surface area contributed by atoms with Crippen LogP contribution in [0.15, 0.2) is 0 Å². The summed E-state index contributed by atoms with van der Waals surface area (Å²) >= 11 is 0. The summed E-state index contributed by atoms with van der Waals surface area (Å²) in [7, 11) is 0. The van der Waals surface area contributed by atoms with Crippen molar-refractivity contribution in [3.05, 3.63) is 0 Å². The van der Waals surface area contributed by atoms with Gasteiger partial charge in [0.25, 0.3) is 0 Å². The number of ether oxygens (including phenoxy) is 1. The summed E-state index contributed by atoms with van der Waals surface area (Å²) in [5, 5.41) is 12.3. The van der Waals surface area contributed by atoms with Crippen molar-refractivity contribution in [3.8, 4) is 0 Å². The van der Waals surface area contributed by atoms with Gasteiger partial charge in [0.2, 0.25) is 5.91 Å². The van der Waals surface area contributed by atoms with Gasteiger partial charge in [0.05, 0.1) is 24.4 Å². The van der Waals surface area contributed by atoms with Crippen molar-refractivity contribution in [2.24, 2.45) is 0 Å². The number of rotatable bonds is 5. The molecule has 0 aromatic heterocycles. The highest BCUT2D eigenvalue weighted by Crippen LogP contribution is 2.22. The Hall–Kier alpha value is -0.650. The zero-order valence-corrected chi connectivity index (χ0v) is 12.8. The average Bonchev–Trinajstić information content (AvgIpc) is 2.35. The summed E-state index contributed by atoms with van der Waals surface area (Å²) < 4.78 is 5.76. The van der Waals surface area contributed by atoms with Gasteiger partial charge in [0.1, 0.15) is 0 Å². The van der Waals surface area contributed by atoms with Crippen LogP contribution in [-0.4, -0.2) is 59.4 Å². The van der Waals surface area contributed by atoms with E-state index >= 15 is 0 Å². The molecule has 5 heteroatoms. The second kappa shape index (κ2) is 6.68. The molecule has 0 bridgehead atoms. The molecule has 0 radical (unpaired) electrons. The Balaban J connectivity index is 2.64. The highest BCUT2D eigenvalue weighted by atomic mass is 16.5. The van der Waals surface area contributed by atoms with Crippen molar-refractivity contribution in [2.75, 3.05) is 19.7 Å². The Kier molecular flexibility index (Phi) is 5.77. The number of morpholine rings is 1. The van der Waals surface area contributed by atoms with Crippen LogP contribution >= 0.6 is 0 Å². The van der Waals surface area contributed by atoms with Gasteiger partial charge in [0, 0.05) is 19.1 Å². The molecule has 1 saturated heterocycles. The second-order valence-electron chi connectivity index (χ2n) is 6.11. The van der Waals surface area contributed by atoms with Gasteiger partial charge in [-0.05, 0) is 34.1 Å². The molecule has 1 aliphatic rings. The number of carbonyl (C=O) groups is 1. The Morgan fingerprint density at radius 1 is 1.53 bits per heavy atom. The first-order valence-electron chi connectivity index (χ1n) is 7.12. The number of aliphatic hydroxyl groups excluding tert-OH is 1. The first-order valence-corrected chi connectivity index (χ1v) is 7.12. The van der Waals surface area contributed by atoms with E-state index in [2.05, 4.69) is 17.1 Å². The molecule has 1 fully saturated rings. The van der Waals surface area contributed by atoms with E-state index in [-0.39, 0.29) is 36.3 Å². The number of hydrogen-bond donors (Lipinski definition) is 2. The second-order valence-corrected chi connectivity index (χ2v) is 6.11. The first kappa shape index (κ1) is 16.4. The Bertz CT molecular complexity index is 307. The van der Waals surface area contributed by atoms with Crippen LogP contribution in [-0.2, 0) is 9.53 Å². The van der Waals surface area contributed by atoms with E-state index in [1.807, 2.05) is 27.7 Å². The van der Waals surface area contributed by atoms with Gasteiger partial charge in [-0.3, -0.25) is 9.69 Å². The number of nitrogens with one attached hydrogen (secondary N) is 1. The van der Waals surface area contributed by atoms with Crippen molar-refractivity contribution < 1.29 is 14.6 Å². The van der Waals surface area contributed by atoms with Crippen LogP contribution in [0.4, 0.5) is 0 Å². The molecule has 1 rings (SSSR count). The molecular weight excluding hydrogens is 244 g/mol. The summed E-state index contributed by atoms with van der Waals surface area (Å²) in [6, 6.07) is -0.0103. The molecule has 5 nitrogen and oxygen atoms in total. The molecule has 0 saturated carbocycles. The first-order chi connectivity index (χ1) is 8.79. The fourth-order valence-electron chi connectivity index (χ4n) is 2.36. The van der Waals surface area contributed by atoms with Crippen LogP contribution in [0.1, 0.15) is 41.0 Å². The summed E-state index contributed by atoms with van der Waals surface area (Å²) in [5.41, 5.74) is -0.337. The number of hydrogen-bond acceptors (Lipinski definition) is 4. The zero-order chi connectivity index (χ0) is 14.6. The smallest absolute Gasteiger partial charge is 0.237 e. The SMILES string of the molecule is CCC(C)NC(=O)C(C)N1CC(CO)OC(C)(C)C1. The Morgan fingerprint density at radius 2 is 2.16 bits per heavy atom. The molecule has 112 valence electrons. The van der Waals surface area contributed by atoms with Gasteiger partial charge in [-0.15, -0.1) is 0 Å². The van der Waals surface area contributed by atoms with Crippen molar-refractivity contribution in [3.63, 3.8) is 0 Å². The van der Waals surface area contributed by atoms with E-state index in [9.17, 15) is 9.90 Å². The molecule has 19 heavy (non-hydrogen) atoms. The van der Waals surface area contributed by atoms with Crippen molar-refractivity contribution in [2.45, 2.75) is 64.8 Å². The van der Waals surface area contributed by atoms with E-state index in [1.165, 1.54) is 0 Å². The minimum atomic E-state index is -0.337. The predicted molar refractivity (Wildman–Crippen MR) is 75.0 cm³/mol. The van der Waals surface area contributed by atoms with Gasteiger partial charge in [-0.2, -0.15) is 0 Å². The van der Waals surface area contributed by atoms with Gasteiger partial charge in [0.15, 0.2) is 0 Å². The van der Waals surface area contributed by atoms with E-state index in [0.717, 1.165) is 6.42 Å². The maximum atomic E-state index is 12.2. The van der Waals surface area contributed by atoms with Gasteiger partial charge >= 0.3 is 0 Å². The summed E-state index contributed by atoms with van der Waals surface area (Å²) in [4.78, 5) is 14.2. The third kappa shape index (κ3) is 4.75. The van der Waals surface area contributed by atoms with E-state index in [4.69, 9.17) is 4.74 Å². The van der Waals surface area contributed by atoms with E-state index < -0.39 is 0 Å². The lowest BCUT2D eigenvalue weighted by molar-refractivity contribution is -0.161. The van der Waals surface area contributed by atoms with Crippen LogP contribution in [0.2, 0.25) is 0 Å². The summed E-state index contributed by atoms with van der Waals surface area (Å²) in [5.74, 6) is 0.0451. The van der Waals surface area contributed by atoms with E-state index in [0.29, 0.717) is 13.1 Å². The Labute approximate surface area is 116 Å². The summed E-state index contributed by atoms with van der Waals surface area (Å²) in [6.45, 7) is 11.2. The molecule has 1 amide bonds. The molecule has 1 aliphatic heterocycles. The molecule has 2 N–H and O–H groups in total. The van der Waals surface area contributed by atoms with Crippen molar-refractivity contribution in [1.82, 2.24) is 10.2 Å². The lowest BCUT2D eigenvalue weighted by Crippen LogP contribution is -2.59. The van der Waals surface area contributed by atoms with Crippen molar-refractivity contribution >= 4 is 5.91 Å². The molecule has 0 spiro atoms. The number of aliphatic hydroxyl groups is 1. The lowest BCUT2D eigenvalue weighted by atomic mass is 10.0. The molecular formula is C14H28N2O3. The number of nitrogens with zero attached hydrogens (tertiary/aromatic N) is 1. The fraction of sp³-hybridized carbons (Fsp3) is 0.929. The molecule has 3 unspecified atom stereocenters. The van der Waals surface area contributed by atoms with Crippen LogP contribution in [0.25, 0.3) is 0 Å². The van der Waals surface area contributed by atoms with Gasteiger partial charge in [-0.25, -0.2) is 0 Å². The highest BCUT2D eigenvalue weighted by molar-refractivity contribution is 5.81. The Morgan fingerprint density at radius 3 is 2.68 bits per heavy atom. The quantitative estimate of drug-likeness (QED) is 0.776. The van der Waals surface area contributed by atoms with Gasteiger partial charge in [-0.1, -0.05) is 6.92 Å². The molecule has 1 heterocycles. The zero-order valence-electron chi connectivity index (χ0n) is 12.8. The van der Waals surface area contributed by atoms with Crippen LogP contribution in [0, 0.1) is 0 Å². The number of carbonyl (C=O) groups excluding carboxylic acids is 1.